The van der Waals surface area contributed by atoms with Crippen molar-refractivity contribution in [2.24, 2.45) is 17.8 Å². The fourth-order valence-corrected chi connectivity index (χ4v) is 4.01. The van der Waals surface area contributed by atoms with Gasteiger partial charge < -0.3 is 9.84 Å². The van der Waals surface area contributed by atoms with E-state index in [1.807, 2.05) is 25.1 Å². The Balaban J connectivity index is 1.97. The molecule has 1 saturated carbocycles. The Morgan fingerprint density at radius 2 is 2.05 bits per heavy atom. The van der Waals surface area contributed by atoms with Crippen LogP contribution in [-0.2, 0) is 4.79 Å². The molecule has 1 aliphatic carbocycles. The lowest BCUT2D eigenvalue weighted by Crippen LogP contribution is -2.06. The number of carbonyl (C=O) groups excluding carboxylic acids is 1. The molecule has 22 heavy (non-hydrogen) atoms. The average molecular weight is 316 g/mol. The van der Waals surface area contributed by atoms with Crippen LogP contribution in [0.15, 0.2) is 24.8 Å². The Hall–Kier alpha value is -2.14. The molecule has 0 bridgehead atoms. The van der Waals surface area contributed by atoms with Crippen LogP contribution >= 0.6 is 11.3 Å². The van der Waals surface area contributed by atoms with Crippen molar-refractivity contribution in [2.45, 2.75) is 6.92 Å². The summed E-state index contributed by atoms with van der Waals surface area (Å²) in [6.07, 6.45) is 1.71. The molecule has 3 rings (SSSR count). The van der Waals surface area contributed by atoms with E-state index in [9.17, 15) is 9.59 Å². The second kappa shape index (κ2) is 5.25. The van der Waals surface area contributed by atoms with E-state index >= 15 is 0 Å². The van der Waals surface area contributed by atoms with Gasteiger partial charge in [0.25, 0.3) is 0 Å². The number of aliphatic carboxylic acids is 1. The highest BCUT2D eigenvalue weighted by molar-refractivity contribution is 7.20. The van der Waals surface area contributed by atoms with Crippen molar-refractivity contribution in [3.63, 3.8) is 0 Å². The Labute approximate surface area is 132 Å². The van der Waals surface area contributed by atoms with Gasteiger partial charge in [0.05, 0.1) is 17.9 Å². The van der Waals surface area contributed by atoms with Crippen LogP contribution in [0.4, 0.5) is 0 Å². The van der Waals surface area contributed by atoms with Crippen LogP contribution in [0.1, 0.15) is 22.2 Å². The highest BCUT2D eigenvalue weighted by Crippen LogP contribution is 2.49. The number of rotatable bonds is 5. The molecule has 1 aromatic heterocycles. The van der Waals surface area contributed by atoms with Gasteiger partial charge in [0.1, 0.15) is 5.75 Å². The number of thiophene rings is 1. The summed E-state index contributed by atoms with van der Waals surface area (Å²) < 4.78 is 6.26. The van der Waals surface area contributed by atoms with Gasteiger partial charge in [0.2, 0.25) is 0 Å². The number of Topliss-reactive ketones (excluding diaryl/α,β-unsaturated/α-hetero) is 1. The Bertz CT molecular complexity index is 789. The lowest BCUT2D eigenvalue weighted by molar-refractivity contribution is -0.139. The van der Waals surface area contributed by atoms with Crippen LogP contribution in [-0.4, -0.2) is 24.0 Å². The van der Waals surface area contributed by atoms with E-state index in [-0.39, 0.29) is 11.7 Å². The van der Waals surface area contributed by atoms with Gasteiger partial charge >= 0.3 is 5.97 Å². The van der Waals surface area contributed by atoms with E-state index in [0.717, 1.165) is 15.6 Å². The number of ether oxygens (including phenoxy) is 1. The van der Waals surface area contributed by atoms with Gasteiger partial charge in [0, 0.05) is 16.2 Å². The predicted octanol–water partition coefficient (Wildman–Crippen LogP) is 3.70. The molecule has 1 aliphatic rings. The molecule has 1 aromatic carbocycles. The van der Waals surface area contributed by atoms with Crippen molar-refractivity contribution in [2.75, 3.05) is 7.11 Å². The Morgan fingerprint density at radius 1 is 1.32 bits per heavy atom. The number of carboxylic acids is 1. The molecule has 0 radical (unpaired) electrons. The molecule has 0 aliphatic heterocycles. The van der Waals surface area contributed by atoms with Crippen molar-refractivity contribution < 1.29 is 19.4 Å². The van der Waals surface area contributed by atoms with Gasteiger partial charge in [-0.05, 0) is 29.5 Å². The number of methoxy groups -OCH3 is 1. The minimum absolute atomic E-state index is 0.0692. The van der Waals surface area contributed by atoms with Gasteiger partial charge in [-0.1, -0.05) is 19.6 Å². The molecule has 2 aromatic rings. The van der Waals surface area contributed by atoms with Crippen molar-refractivity contribution in [1.29, 1.82) is 0 Å². The van der Waals surface area contributed by atoms with E-state index in [2.05, 4.69) is 6.58 Å². The molecular formula is C17H16O4S. The highest BCUT2D eigenvalue weighted by Gasteiger charge is 2.56. The zero-order valence-electron chi connectivity index (χ0n) is 12.3. The molecular weight excluding hydrogens is 300 g/mol. The summed E-state index contributed by atoms with van der Waals surface area (Å²) in [6.45, 7) is 5.57. The Kier molecular flexibility index (Phi) is 3.53. The Morgan fingerprint density at radius 3 is 2.59 bits per heavy atom. The summed E-state index contributed by atoms with van der Waals surface area (Å²) in [5, 5.41) is 10.0. The predicted molar refractivity (Wildman–Crippen MR) is 86.6 cm³/mol. The first-order valence-electron chi connectivity index (χ1n) is 6.99. The lowest BCUT2D eigenvalue weighted by atomic mass is 10.1. The SMILES string of the molecule is C=Cc1cc2cc(C(=O)C3C(C)C3C(=O)O)sc2cc1OC. The zero-order valence-corrected chi connectivity index (χ0v) is 13.1. The number of hydrogen-bond donors (Lipinski definition) is 1. The third-order valence-electron chi connectivity index (χ3n) is 4.30. The van der Waals surface area contributed by atoms with E-state index in [0.29, 0.717) is 10.6 Å². The van der Waals surface area contributed by atoms with Crippen LogP contribution in [0, 0.1) is 17.8 Å². The quantitative estimate of drug-likeness (QED) is 0.854. The van der Waals surface area contributed by atoms with Crippen LogP contribution in [0.2, 0.25) is 0 Å². The molecule has 4 nitrogen and oxygen atoms in total. The number of hydrogen-bond acceptors (Lipinski definition) is 4. The summed E-state index contributed by atoms with van der Waals surface area (Å²) in [6, 6.07) is 5.65. The van der Waals surface area contributed by atoms with Crippen molar-refractivity contribution in [1.82, 2.24) is 0 Å². The lowest BCUT2D eigenvalue weighted by Gasteiger charge is -2.04. The van der Waals surface area contributed by atoms with Crippen LogP contribution in [0.25, 0.3) is 16.2 Å². The normalized spacial score (nSPS) is 23.3. The van der Waals surface area contributed by atoms with Crippen LogP contribution in [0.5, 0.6) is 5.75 Å². The summed E-state index contributed by atoms with van der Waals surface area (Å²) in [5.41, 5.74) is 0.870. The maximum atomic E-state index is 12.5. The van der Waals surface area contributed by atoms with E-state index in [1.165, 1.54) is 11.3 Å². The van der Waals surface area contributed by atoms with E-state index < -0.39 is 17.8 Å². The van der Waals surface area contributed by atoms with Crippen molar-refractivity contribution >= 4 is 39.3 Å². The number of carbonyl (C=O) groups is 2. The third-order valence-corrected chi connectivity index (χ3v) is 5.41. The van der Waals surface area contributed by atoms with E-state index in [1.54, 1.807) is 13.2 Å². The second-order valence-corrected chi connectivity index (χ2v) is 6.64. The summed E-state index contributed by atoms with van der Waals surface area (Å²) in [7, 11) is 1.59. The highest BCUT2D eigenvalue weighted by atomic mass is 32.1. The minimum Gasteiger partial charge on any atom is -0.496 e. The summed E-state index contributed by atoms with van der Waals surface area (Å²) in [4.78, 5) is 24.2. The van der Waals surface area contributed by atoms with E-state index in [4.69, 9.17) is 9.84 Å². The van der Waals surface area contributed by atoms with Gasteiger partial charge in [-0.25, -0.2) is 0 Å². The monoisotopic (exact) mass is 316 g/mol. The van der Waals surface area contributed by atoms with Gasteiger partial charge in [-0.3, -0.25) is 9.59 Å². The van der Waals surface area contributed by atoms with Gasteiger partial charge in [0.15, 0.2) is 5.78 Å². The average Bonchev–Trinajstić information content (AvgIpc) is 3.00. The molecule has 5 heteroatoms. The second-order valence-electron chi connectivity index (χ2n) is 5.56. The maximum absolute atomic E-state index is 12.5. The molecule has 1 fully saturated rings. The summed E-state index contributed by atoms with van der Waals surface area (Å²) >= 11 is 1.38. The maximum Gasteiger partial charge on any atom is 0.307 e. The molecule has 3 unspecified atom stereocenters. The number of fused-ring (bicyclic) bond motifs is 1. The van der Waals surface area contributed by atoms with Crippen molar-refractivity contribution in [3.05, 3.63) is 35.2 Å². The molecule has 0 amide bonds. The molecule has 1 N–H and O–H groups in total. The smallest absolute Gasteiger partial charge is 0.307 e. The van der Waals surface area contributed by atoms with Gasteiger partial charge in [-0.15, -0.1) is 11.3 Å². The first kappa shape index (κ1) is 14.8. The largest absolute Gasteiger partial charge is 0.496 e. The number of ketones is 1. The van der Waals surface area contributed by atoms with Crippen LogP contribution in [0.3, 0.4) is 0 Å². The molecule has 0 spiro atoms. The molecule has 1 heterocycles. The molecule has 114 valence electrons. The topological polar surface area (TPSA) is 63.6 Å². The molecule has 3 atom stereocenters. The third kappa shape index (κ3) is 2.22. The zero-order chi connectivity index (χ0) is 16.0. The number of benzene rings is 1. The minimum atomic E-state index is -0.887. The fraction of sp³-hybridized carbons (Fsp3) is 0.294. The fourth-order valence-electron chi connectivity index (χ4n) is 2.95. The molecule has 0 saturated heterocycles. The number of carboxylic acid groups (broad SMARTS) is 1. The standard InChI is InChI=1S/C17H16O4S/c1-4-9-5-10-6-13(22-12(10)7-11(9)21-3)16(18)14-8(2)15(14)17(19)20/h4-8,14-15H,1H2,2-3H3,(H,19,20). The first-order chi connectivity index (χ1) is 10.5. The van der Waals surface area contributed by atoms with Crippen molar-refractivity contribution in [3.8, 4) is 5.75 Å². The first-order valence-corrected chi connectivity index (χ1v) is 7.80. The summed E-state index contributed by atoms with van der Waals surface area (Å²) in [5.74, 6) is -1.27. The van der Waals surface area contributed by atoms with Gasteiger partial charge in [-0.2, -0.15) is 0 Å². The van der Waals surface area contributed by atoms with Crippen LogP contribution < -0.4 is 4.74 Å².